The minimum absolute atomic E-state index is 0.0265. The van der Waals surface area contributed by atoms with Crippen LogP contribution in [0.15, 0.2) is 60.9 Å². The molecule has 6 rings (SSSR count). The maximum atomic E-state index is 14.3. The highest BCUT2D eigenvalue weighted by molar-refractivity contribution is 6.40. The highest BCUT2D eigenvalue weighted by atomic mass is 35.5. The number of fused-ring (bicyclic) bond motifs is 3. The van der Waals surface area contributed by atoms with E-state index in [1.54, 1.807) is 47.4 Å². The molecule has 0 radical (unpaired) electrons. The normalized spacial score (nSPS) is 19.9. The number of aromatic nitrogens is 1. The Balaban J connectivity index is 1.26. The Bertz CT molecular complexity index is 1530. The number of piperidine rings is 2. The number of carboxylic acids is 1. The van der Waals surface area contributed by atoms with Gasteiger partial charge in [-0.15, -0.1) is 0 Å². The summed E-state index contributed by atoms with van der Waals surface area (Å²) in [5, 5.41) is 15.5. The summed E-state index contributed by atoms with van der Waals surface area (Å²) in [5.41, 5.74) is 1.36. The number of amides is 3. The van der Waals surface area contributed by atoms with Crippen molar-refractivity contribution in [3.8, 4) is 0 Å². The third-order valence-electron chi connectivity index (χ3n) is 8.08. The molecular weight excluding hydrogens is 598 g/mol. The van der Waals surface area contributed by atoms with Crippen molar-refractivity contribution in [2.45, 2.75) is 56.7 Å². The zero-order chi connectivity index (χ0) is 30.7. The number of nitrogens with zero attached hydrogens (tertiary/aromatic N) is 2. The fourth-order valence-electron chi connectivity index (χ4n) is 5.98. The molecule has 3 amide bonds. The minimum atomic E-state index is -1.26. The summed E-state index contributed by atoms with van der Waals surface area (Å²) >= 11 is 12.1. The van der Waals surface area contributed by atoms with Gasteiger partial charge in [0.25, 0.3) is 5.91 Å². The zero-order valence-electron chi connectivity index (χ0n) is 22.9. The molecular formula is C31H29Cl2FN4O5. The highest BCUT2D eigenvalue weighted by Gasteiger charge is 2.48. The number of carboxylic acid groups (broad SMARTS) is 1. The number of anilines is 1. The standard InChI is InChI=1S/C31H29Cl2FN4O5/c32-22-15-35-16-23(33)27(22)29(40)36-20-9-5-17(6-10-20)13-25(31(42)43)37-30(41)28-18-7-11-21(12-8-18)38(28)26(39)14-19-3-1-2-4-24(19)34/h1-6,9-10,15-16,18,21,25,28H,7-8,11-14H2,(H,36,40)(H,37,41)(H,42,43). The lowest BCUT2D eigenvalue weighted by Crippen LogP contribution is -2.64. The number of rotatable bonds is 9. The van der Waals surface area contributed by atoms with E-state index in [0.29, 0.717) is 11.3 Å². The number of pyridine rings is 1. The Kier molecular flexibility index (Phi) is 9.27. The van der Waals surface area contributed by atoms with Crippen LogP contribution in [-0.2, 0) is 27.2 Å². The molecule has 3 aliphatic rings. The highest BCUT2D eigenvalue weighted by Crippen LogP contribution is 2.40. The molecule has 3 fully saturated rings. The van der Waals surface area contributed by atoms with Crippen molar-refractivity contribution in [1.82, 2.24) is 15.2 Å². The topological polar surface area (TPSA) is 129 Å². The second-order valence-electron chi connectivity index (χ2n) is 10.8. The quantitative estimate of drug-likeness (QED) is 0.310. The number of hydrogen-bond acceptors (Lipinski definition) is 5. The predicted molar refractivity (Wildman–Crippen MR) is 158 cm³/mol. The number of halogens is 3. The largest absolute Gasteiger partial charge is 0.480 e. The number of benzene rings is 2. The molecule has 224 valence electrons. The van der Waals surface area contributed by atoms with Gasteiger partial charge in [0.05, 0.1) is 22.0 Å². The van der Waals surface area contributed by atoms with E-state index in [1.807, 2.05) is 0 Å². The molecule has 2 aromatic carbocycles. The van der Waals surface area contributed by atoms with Crippen LogP contribution in [0.4, 0.5) is 10.1 Å². The van der Waals surface area contributed by atoms with E-state index >= 15 is 0 Å². The molecule has 12 heteroatoms. The van der Waals surface area contributed by atoms with Gasteiger partial charge >= 0.3 is 5.97 Å². The number of nitrogens with one attached hydrogen (secondary N) is 2. The van der Waals surface area contributed by atoms with Gasteiger partial charge in [0.2, 0.25) is 11.8 Å². The molecule has 2 aliphatic heterocycles. The van der Waals surface area contributed by atoms with Gasteiger partial charge in [0, 0.05) is 30.5 Å². The van der Waals surface area contributed by atoms with Crippen LogP contribution in [0.5, 0.6) is 0 Å². The molecule has 0 spiro atoms. The van der Waals surface area contributed by atoms with Crippen LogP contribution in [-0.4, -0.2) is 56.8 Å². The van der Waals surface area contributed by atoms with Crippen molar-refractivity contribution < 1.29 is 28.7 Å². The molecule has 2 unspecified atom stereocenters. The summed E-state index contributed by atoms with van der Waals surface area (Å²) in [5.74, 6) is -3.22. The molecule has 1 aromatic heterocycles. The molecule has 1 saturated carbocycles. The molecule has 3 N–H and O–H groups in total. The Morgan fingerprint density at radius 3 is 2.26 bits per heavy atom. The first-order valence-corrected chi connectivity index (χ1v) is 14.6. The van der Waals surface area contributed by atoms with Crippen LogP contribution in [0.25, 0.3) is 0 Å². The SMILES string of the molecule is O=C(Nc1ccc(CC(NC(=O)C2C3CCC(CC3)N2C(=O)Cc2ccccc2F)C(=O)O)cc1)c1c(Cl)cncc1Cl. The number of carbonyl (C=O) groups is 4. The number of carbonyl (C=O) groups excluding carboxylic acids is 3. The van der Waals surface area contributed by atoms with Crippen LogP contribution >= 0.6 is 23.2 Å². The Labute approximate surface area is 257 Å². The van der Waals surface area contributed by atoms with Gasteiger partial charge in [-0.05, 0) is 60.9 Å². The average molecular weight is 628 g/mol. The monoisotopic (exact) mass is 626 g/mol. The second kappa shape index (κ2) is 13.1. The van der Waals surface area contributed by atoms with Crippen molar-refractivity contribution in [2.24, 2.45) is 5.92 Å². The molecule has 3 heterocycles. The third kappa shape index (κ3) is 6.81. The van der Waals surface area contributed by atoms with Crippen LogP contribution in [0.3, 0.4) is 0 Å². The van der Waals surface area contributed by atoms with Crippen molar-refractivity contribution in [1.29, 1.82) is 0 Å². The van der Waals surface area contributed by atoms with Crippen LogP contribution in [0, 0.1) is 11.7 Å². The lowest BCUT2D eigenvalue weighted by atomic mass is 9.74. The minimum Gasteiger partial charge on any atom is -0.480 e. The van der Waals surface area contributed by atoms with Gasteiger partial charge in [-0.2, -0.15) is 0 Å². The van der Waals surface area contributed by atoms with Gasteiger partial charge in [0.15, 0.2) is 0 Å². The molecule has 2 saturated heterocycles. The van der Waals surface area contributed by atoms with E-state index in [4.69, 9.17) is 23.2 Å². The van der Waals surface area contributed by atoms with E-state index in [1.165, 1.54) is 18.5 Å². The van der Waals surface area contributed by atoms with E-state index in [2.05, 4.69) is 15.6 Å². The van der Waals surface area contributed by atoms with Crippen molar-refractivity contribution in [3.05, 3.63) is 93.5 Å². The summed E-state index contributed by atoms with van der Waals surface area (Å²) in [4.78, 5) is 57.2. The summed E-state index contributed by atoms with van der Waals surface area (Å²) in [6, 6.07) is 10.3. The molecule has 9 nitrogen and oxygen atoms in total. The first-order valence-electron chi connectivity index (χ1n) is 13.9. The maximum Gasteiger partial charge on any atom is 0.326 e. The van der Waals surface area contributed by atoms with Crippen molar-refractivity contribution in [3.63, 3.8) is 0 Å². The van der Waals surface area contributed by atoms with E-state index in [-0.39, 0.29) is 51.9 Å². The average Bonchev–Trinajstić information content (AvgIpc) is 2.98. The number of hydrogen-bond donors (Lipinski definition) is 3. The fourth-order valence-corrected chi connectivity index (χ4v) is 6.52. The van der Waals surface area contributed by atoms with E-state index in [0.717, 1.165) is 25.7 Å². The Morgan fingerprint density at radius 2 is 1.63 bits per heavy atom. The van der Waals surface area contributed by atoms with Crippen LogP contribution in [0.2, 0.25) is 10.0 Å². The molecule has 2 bridgehead atoms. The first kappa shape index (κ1) is 30.4. The van der Waals surface area contributed by atoms with Gasteiger partial charge < -0.3 is 20.6 Å². The Hall–Kier alpha value is -4.02. The summed E-state index contributed by atoms with van der Waals surface area (Å²) in [6.45, 7) is 0. The van der Waals surface area contributed by atoms with Crippen molar-refractivity contribution in [2.75, 3.05) is 5.32 Å². The van der Waals surface area contributed by atoms with Gasteiger partial charge in [0.1, 0.15) is 17.9 Å². The zero-order valence-corrected chi connectivity index (χ0v) is 24.4. The van der Waals surface area contributed by atoms with E-state index in [9.17, 15) is 28.7 Å². The predicted octanol–water partition coefficient (Wildman–Crippen LogP) is 4.90. The van der Waals surface area contributed by atoms with Crippen LogP contribution < -0.4 is 10.6 Å². The summed E-state index contributed by atoms with van der Waals surface area (Å²) in [7, 11) is 0. The van der Waals surface area contributed by atoms with Crippen molar-refractivity contribution >= 4 is 52.6 Å². The van der Waals surface area contributed by atoms with Gasteiger partial charge in [-0.1, -0.05) is 53.5 Å². The summed E-state index contributed by atoms with van der Waals surface area (Å²) in [6.07, 6.45) is 5.43. The first-order chi connectivity index (χ1) is 20.6. The summed E-state index contributed by atoms with van der Waals surface area (Å²) < 4.78 is 14.3. The second-order valence-corrected chi connectivity index (χ2v) is 11.6. The molecule has 1 aliphatic carbocycles. The lowest BCUT2D eigenvalue weighted by molar-refractivity contribution is -0.154. The van der Waals surface area contributed by atoms with Gasteiger partial charge in [-0.25, -0.2) is 9.18 Å². The lowest BCUT2D eigenvalue weighted by Gasteiger charge is -2.50. The van der Waals surface area contributed by atoms with Crippen LogP contribution in [0.1, 0.15) is 47.2 Å². The Morgan fingerprint density at radius 1 is 0.977 bits per heavy atom. The number of aliphatic carboxylic acids is 1. The van der Waals surface area contributed by atoms with Gasteiger partial charge in [-0.3, -0.25) is 19.4 Å². The maximum absolute atomic E-state index is 14.3. The van der Waals surface area contributed by atoms with E-state index < -0.39 is 35.7 Å². The molecule has 2 atom stereocenters. The molecule has 43 heavy (non-hydrogen) atoms. The molecule has 3 aromatic rings. The third-order valence-corrected chi connectivity index (χ3v) is 8.66. The smallest absolute Gasteiger partial charge is 0.326 e. The fraction of sp³-hybridized carbons (Fsp3) is 0.323.